The molecule has 0 spiro atoms. The normalized spacial score (nSPS) is 15.4. The highest BCUT2D eigenvalue weighted by molar-refractivity contribution is 6.18. The number of aromatic nitrogens is 1. The molecule has 1 aromatic heterocycles. The summed E-state index contributed by atoms with van der Waals surface area (Å²) in [5.41, 5.74) is -1.12. The van der Waals surface area contributed by atoms with E-state index in [9.17, 15) is 13.2 Å². The van der Waals surface area contributed by atoms with Gasteiger partial charge in [-0.25, -0.2) is 4.98 Å². The predicted octanol–water partition coefficient (Wildman–Crippen LogP) is 3.92. The summed E-state index contributed by atoms with van der Waals surface area (Å²) in [7, 11) is 0. The molecule has 0 bridgehead atoms. The van der Waals surface area contributed by atoms with Crippen molar-refractivity contribution in [2.24, 2.45) is 0 Å². The molecule has 1 unspecified atom stereocenters. The zero-order chi connectivity index (χ0) is 13.1. The van der Waals surface area contributed by atoms with Gasteiger partial charge in [-0.1, -0.05) is 6.92 Å². The Bertz CT molecular complexity index is 358. The SMILES string of the molecule is CCC(C)(CCl)Nc1ccc(C(F)(F)F)cn1. The molecule has 96 valence electrons. The van der Waals surface area contributed by atoms with Crippen LogP contribution in [0.2, 0.25) is 0 Å². The van der Waals surface area contributed by atoms with E-state index in [0.717, 1.165) is 18.7 Å². The molecule has 1 heterocycles. The van der Waals surface area contributed by atoms with E-state index < -0.39 is 11.7 Å². The maximum Gasteiger partial charge on any atom is 0.417 e. The van der Waals surface area contributed by atoms with Crippen LogP contribution in [0.4, 0.5) is 19.0 Å². The van der Waals surface area contributed by atoms with Crippen molar-refractivity contribution >= 4 is 17.4 Å². The molecule has 2 nitrogen and oxygen atoms in total. The molecule has 1 rings (SSSR count). The first-order chi connectivity index (χ1) is 7.80. The van der Waals surface area contributed by atoms with E-state index in [2.05, 4.69) is 10.3 Å². The number of nitrogens with one attached hydrogen (secondary N) is 1. The van der Waals surface area contributed by atoms with E-state index in [0.29, 0.717) is 11.7 Å². The third-order valence-corrected chi connectivity index (χ3v) is 3.19. The van der Waals surface area contributed by atoms with Crippen molar-refractivity contribution in [3.8, 4) is 0 Å². The fraction of sp³-hybridized carbons (Fsp3) is 0.545. The van der Waals surface area contributed by atoms with Crippen LogP contribution in [0.15, 0.2) is 18.3 Å². The van der Waals surface area contributed by atoms with Gasteiger partial charge in [0.15, 0.2) is 0 Å². The summed E-state index contributed by atoms with van der Waals surface area (Å²) in [6.07, 6.45) is -2.79. The lowest BCUT2D eigenvalue weighted by Crippen LogP contribution is -2.36. The fourth-order valence-electron chi connectivity index (χ4n) is 1.16. The first-order valence-corrected chi connectivity index (χ1v) is 5.71. The maximum absolute atomic E-state index is 12.3. The van der Waals surface area contributed by atoms with Gasteiger partial charge in [0.25, 0.3) is 0 Å². The van der Waals surface area contributed by atoms with Gasteiger partial charge >= 0.3 is 6.18 Å². The van der Waals surface area contributed by atoms with Crippen LogP contribution in [0.1, 0.15) is 25.8 Å². The molecule has 0 radical (unpaired) electrons. The smallest absolute Gasteiger partial charge is 0.364 e. The van der Waals surface area contributed by atoms with Gasteiger partial charge in [-0.05, 0) is 25.5 Å². The summed E-state index contributed by atoms with van der Waals surface area (Å²) in [4.78, 5) is 3.74. The molecule has 1 atom stereocenters. The Kier molecular flexibility index (Phi) is 4.25. The molecule has 0 aliphatic heterocycles. The Labute approximate surface area is 103 Å². The van der Waals surface area contributed by atoms with Crippen LogP contribution in [0.3, 0.4) is 0 Å². The number of hydrogen-bond donors (Lipinski definition) is 1. The molecular weight excluding hydrogens is 253 g/mol. The van der Waals surface area contributed by atoms with Crippen LogP contribution in [-0.2, 0) is 6.18 Å². The van der Waals surface area contributed by atoms with Crippen LogP contribution in [0.25, 0.3) is 0 Å². The van der Waals surface area contributed by atoms with Crippen LogP contribution in [0, 0.1) is 0 Å². The van der Waals surface area contributed by atoms with E-state index in [-0.39, 0.29) is 5.54 Å². The first-order valence-electron chi connectivity index (χ1n) is 5.18. The highest BCUT2D eigenvalue weighted by atomic mass is 35.5. The van der Waals surface area contributed by atoms with Crippen LogP contribution >= 0.6 is 11.6 Å². The van der Waals surface area contributed by atoms with Crippen LogP contribution in [-0.4, -0.2) is 16.4 Å². The molecule has 1 N–H and O–H groups in total. The van der Waals surface area contributed by atoms with E-state index in [4.69, 9.17) is 11.6 Å². The minimum absolute atomic E-state index is 0.353. The third kappa shape index (κ3) is 3.77. The van der Waals surface area contributed by atoms with Gasteiger partial charge in [0.1, 0.15) is 5.82 Å². The average Bonchev–Trinajstić information content (AvgIpc) is 2.28. The summed E-state index contributed by atoms with van der Waals surface area (Å²) >= 11 is 5.79. The van der Waals surface area contributed by atoms with Gasteiger partial charge in [0.05, 0.1) is 5.56 Å². The molecule has 0 saturated carbocycles. The van der Waals surface area contributed by atoms with Gasteiger partial charge < -0.3 is 5.32 Å². The number of hydrogen-bond acceptors (Lipinski definition) is 2. The van der Waals surface area contributed by atoms with Crippen molar-refractivity contribution in [1.82, 2.24) is 4.98 Å². The average molecular weight is 267 g/mol. The lowest BCUT2D eigenvalue weighted by Gasteiger charge is -2.27. The Morgan fingerprint density at radius 2 is 2.00 bits per heavy atom. The number of halogens is 4. The molecule has 0 saturated heterocycles. The minimum atomic E-state index is -4.36. The first kappa shape index (κ1) is 14.1. The van der Waals surface area contributed by atoms with Crippen molar-refractivity contribution in [2.45, 2.75) is 32.0 Å². The van der Waals surface area contributed by atoms with E-state index >= 15 is 0 Å². The quantitative estimate of drug-likeness (QED) is 0.836. The number of anilines is 1. The Balaban J connectivity index is 2.82. The van der Waals surface area contributed by atoms with Crippen molar-refractivity contribution in [2.75, 3.05) is 11.2 Å². The highest BCUT2D eigenvalue weighted by Gasteiger charge is 2.31. The maximum atomic E-state index is 12.3. The number of nitrogens with zero attached hydrogens (tertiary/aromatic N) is 1. The summed E-state index contributed by atoms with van der Waals surface area (Å²) < 4.78 is 36.9. The number of rotatable bonds is 4. The standard InChI is InChI=1S/C11H14ClF3N2/c1-3-10(2,7-12)17-9-5-4-8(6-16-9)11(13,14)15/h4-6H,3,7H2,1-2H3,(H,16,17). The zero-order valence-electron chi connectivity index (χ0n) is 9.61. The third-order valence-electron chi connectivity index (χ3n) is 2.60. The van der Waals surface area contributed by atoms with E-state index in [1.807, 2.05) is 13.8 Å². The molecule has 0 aliphatic rings. The van der Waals surface area contributed by atoms with Crippen molar-refractivity contribution in [1.29, 1.82) is 0 Å². The lowest BCUT2D eigenvalue weighted by atomic mass is 10.0. The zero-order valence-corrected chi connectivity index (χ0v) is 10.4. The number of pyridine rings is 1. The lowest BCUT2D eigenvalue weighted by molar-refractivity contribution is -0.137. The molecule has 17 heavy (non-hydrogen) atoms. The molecule has 6 heteroatoms. The Hall–Kier alpha value is -0.970. The molecule has 0 fully saturated rings. The van der Waals surface area contributed by atoms with Gasteiger partial charge in [-0.2, -0.15) is 13.2 Å². The molecule has 0 aromatic carbocycles. The van der Waals surface area contributed by atoms with Crippen molar-refractivity contribution < 1.29 is 13.2 Å². The highest BCUT2D eigenvalue weighted by Crippen LogP contribution is 2.29. The van der Waals surface area contributed by atoms with Gasteiger partial charge in [0, 0.05) is 17.6 Å². The van der Waals surface area contributed by atoms with Crippen molar-refractivity contribution in [3.63, 3.8) is 0 Å². The molecule has 0 aliphatic carbocycles. The van der Waals surface area contributed by atoms with Gasteiger partial charge in [-0.15, -0.1) is 11.6 Å². The number of alkyl halides is 4. The van der Waals surface area contributed by atoms with Gasteiger partial charge in [-0.3, -0.25) is 0 Å². The van der Waals surface area contributed by atoms with E-state index in [1.165, 1.54) is 6.07 Å². The summed E-state index contributed by atoms with van der Waals surface area (Å²) in [6.45, 7) is 3.83. The second kappa shape index (κ2) is 5.12. The second-order valence-electron chi connectivity index (χ2n) is 4.10. The van der Waals surface area contributed by atoms with Crippen LogP contribution < -0.4 is 5.32 Å². The predicted molar refractivity (Wildman–Crippen MR) is 62.3 cm³/mol. The summed E-state index contributed by atoms with van der Waals surface area (Å²) in [5, 5.41) is 3.02. The fourth-order valence-corrected chi connectivity index (χ4v) is 1.42. The van der Waals surface area contributed by atoms with Crippen molar-refractivity contribution in [3.05, 3.63) is 23.9 Å². The Morgan fingerprint density at radius 1 is 1.35 bits per heavy atom. The minimum Gasteiger partial charge on any atom is -0.364 e. The van der Waals surface area contributed by atoms with Gasteiger partial charge in [0.2, 0.25) is 0 Å². The molecule has 0 amide bonds. The van der Waals surface area contributed by atoms with Crippen LogP contribution in [0.5, 0.6) is 0 Å². The summed E-state index contributed by atoms with van der Waals surface area (Å²) in [5.74, 6) is 0.745. The topological polar surface area (TPSA) is 24.9 Å². The summed E-state index contributed by atoms with van der Waals surface area (Å²) in [6, 6.07) is 2.31. The monoisotopic (exact) mass is 266 g/mol. The second-order valence-corrected chi connectivity index (χ2v) is 4.37. The Morgan fingerprint density at radius 3 is 2.35 bits per heavy atom. The van der Waals surface area contributed by atoms with E-state index in [1.54, 1.807) is 0 Å². The molecular formula is C11H14ClF3N2. The molecule has 1 aromatic rings. The largest absolute Gasteiger partial charge is 0.417 e.